The standard InChI is InChI=1S/C23H25N3O4S/c1-16(27)17-3-5-18(6-4-17)22(28)26(10-9-25-11-13-30-14-12-25)23-24-20-8-7-19(29-2)15-21(20)31-23/h3-8,15H,9-14H2,1-2H3. The van der Waals surface area contributed by atoms with E-state index in [-0.39, 0.29) is 11.7 Å². The second kappa shape index (κ2) is 9.55. The molecule has 1 saturated heterocycles. The lowest BCUT2D eigenvalue weighted by Gasteiger charge is -2.29. The Kier molecular flexibility index (Phi) is 6.60. The molecule has 2 heterocycles. The van der Waals surface area contributed by atoms with Crippen LogP contribution in [0.25, 0.3) is 10.2 Å². The van der Waals surface area contributed by atoms with Crippen molar-refractivity contribution in [2.24, 2.45) is 0 Å². The predicted octanol–water partition coefficient (Wildman–Crippen LogP) is 3.49. The molecule has 0 bridgehead atoms. The van der Waals surface area contributed by atoms with Crippen molar-refractivity contribution in [2.75, 3.05) is 51.4 Å². The number of hydrogen-bond acceptors (Lipinski definition) is 7. The van der Waals surface area contributed by atoms with E-state index in [0.29, 0.717) is 36.0 Å². The first-order valence-corrected chi connectivity index (χ1v) is 11.0. The van der Waals surface area contributed by atoms with Crippen LogP contribution in [0.2, 0.25) is 0 Å². The summed E-state index contributed by atoms with van der Waals surface area (Å²) in [5.74, 6) is 0.603. The minimum absolute atomic E-state index is 0.0247. The fourth-order valence-corrected chi connectivity index (χ4v) is 4.51. The van der Waals surface area contributed by atoms with Crippen molar-refractivity contribution in [3.8, 4) is 5.75 Å². The molecular formula is C23H25N3O4S. The lowest BCUT2D eigenvalue weighted by molar-refractivity contribution is 0.0391. The number of ether oxygens (including phenoxy) is 2. The number of anilines is 1. The SMILES string of the molecule is COc1ccc2nc(N(CCN3CCOCC3)C(=O)c3ccc(C(C)=O)cc3)sc2c1. The van der Waals surface area contributed by atoms with E-state index >= 15 is 0 Å². The number of thiazole rings is 1. The third-order valence-electron chi connectivity index (χ3n) is 5.34. The summed E-state index contributed by atoms with van der Waals surface area (Å²) >= 11 is 1.47. The van der Waals surface area contributed by atoms with Gasteiger partial charge in [-0.25, -0.2) is 4.98 Å². The Labute approximate surface area is 185 Å². The number of carbonyl (C=O) groups excluding carboxylic acids is 2. The second-order valence-corrected chi connectivity index (χ2v) is 8.38. The third kappa shape index (κ3) is 4.92. The van der Waals surface area contributed by atoms with Crippen molar-refractivity contribution >= 4 is 38.4 Å². The molecule has 7 nitrogen and oxygen atoms in total. The molecule has 0 saturated carbocycles. The van der Waals surface area contributed by atoms with E-state index in [0.717, 1.165) is 35.6 Å². The van der Waals surface area contributed by atoms with Gasteiger partial charge in [-0.3, -0.25) is 19.4 Å². The molecule has 162 valence electrons. The molecule has 1 fully saturated rings. The van der Waals surface area contributed by atoms with Gasteiger partial charge in [-0.1, -0.05) is 23.5 Å². The first-order valence-electron chi connectivity index (χ1n) is 10.2. The van der Waals surface area contributed by atoms with Crippen molar-refractivity contribution < 1.29 is 19.1 Å². The summed E-state index contributed by atoms with van der Waals surface area (Å²) in [6.45, 7) is 5.90. The highest BCUT2D eigenvalue weighted by Gasteiger charge is 2.23. The quantitative estimate of drug-likeness (QED) is 0.525. The smallest absolute Gasteiger partial charge is 0.260 e. The van der Waals surface area contributed by atoms with Gasteiger partial charge in [0.2, 0.25) is 0 Å². The molecule has 1 aromatic heterocycles. The zero-order valence-corrected chi connectivity index (χ0v) is 18.5. The van der Waals surface area contributed by atoms with Crippen molar-refractivity contribution in [3.05, 3.63) is 53.6 Å². The Balaban J connectivity index is 1.63. The monoisotopic (exact) mass is 439 g/mol. The second-order valence-electron chi connectivity index (χ2n) is 7.37. The summed E-state index contributed by atoms with van der Waals surface area (Å²) in [4.78, 5) is 33.8. The Morgan fingerprint density at radius 3 is 2.52 bits per heavy atom. The molecule has 0 unspecified atom stereocenters. The van der Waals surface area contributed by atoms with Crippen LogP contribution in [-0.4, -0.2) is 68.1 Å². The van der Waals surface area contributed by atoms with Crippen LogP contribution in [0.3, 0.4) is 0 Å². The van der Waals surface area contributed by atoms with E-state index in [1.54, 1.807) is 36.3 Å². The summed E-state index contributed by atoms with van der Waals surface area (Å²) < 4.78 is 11.7. The molecule has 4 rings (SSSR count). The number of benzene rings is 2. The third-order valence-corrected chi connectivity index (χ3v) is 6.38. The van der Waals surface area contributed by atoms with Crippen LogP contribution in [0.5, 0.6) is 5.75 Å². The van der Waals surface area contributed by atoms with Crippen LogP contribution in [0.1, 0.15) is 27.6 Å². The van der Waals surface area contributed by atoms with Crippen molar-refractivity contribution in [1.29, 1.82) is 0 Å². The van der Waals surface area contributed by atoms with Crippen LogP contribution in [0.4, 0.5) is 5.13 Å². The molecule has 8 heteroatoms. The van der Waals surface area contributed by atoms with E-state index < -0.39 is 0 Å². The van der Waals surface area contributed by atoms with Crippen LogP contribution in [0, 0.1) is 0 Å². The molecule has 0 aliphatic carbocycles. The molecule has 2 aromatic carbocycles. The first-order chi connectivity index (χ1) is 15.0. The van der Waals surface area contributed by atoms with E-state index in [2.05, 4.69) is 4.90 Å². The predicted molar refractivity (Wildman–Crippen MR) is 122 cm³/mol. The average molecular weight is 440 g/mol. The van der Waals surface area contributed by atoms with Crippen LogP contribution in [0.15, 0.2) is 42.5 Å². The Bertz CT molecular complexity index is 1070. The molecule has 0 N–H and O–H groups in total. The number of amides is 1. The number of morpholine rings is 1. The molecule has 0 atom stereocenters. The van der Waals surface area contributed by atoms with Crippen molar-refractivity contribution in [3.63, 3.8) is 0 Å². The molecule has 1 aliphatic rings. The minimum atomic E-state index is -0.130. The summed E-state index contributed by atoms with van der Waals surface area (Å²) in [5, 5.41) is 0.650. The van der Waals surface area contributed by atoms with Gasteiger partial charge in [-0.15, -0.1) is 0 Å². The van der Waals surface area contributed by atoms with E-state index in [4.69, 9.17) is 14.5 Å². The van der Waals surface area contributed by atoms with Gasteiger partial charge in [-0.2, -0.15) is 0 Å². The molecular weight excluding hydrogens is 414 g/mol. The summed E-state index contributed by atoms with van der Waals surface area (Å²) in [7, 11) is 1.63. The van der Waals surface area contributed by atoms with Crippen LogP contribution >= 0.6 is 11.3 Å². The molecule has 1 amide bonds. The maximum Gasteiger partial charge on any atom is 0.260 e. The summed E-state index contributed by atoms with van der Waals surface area (Å²) in [5.41, 5.74) is 1.95. The zero-order valence-electron chi connectivity index (χ0n) is 17.7. The highest BCUT2D eigenvalue weighted by molar-refractivity contribution is 7.22. The molecule has 0 radical (unpaired) electrons. The summed E-state index contributed by atoms with van der Waals surface area (Å²) in [6, 6.07) is 12.5. The Hall–Kier alpha value is -2.81. The number of fused-ring (bicyclic) bond motifs is 1. The normalized spacial score (nSPS) is 14.5. The van der Waals surface area contributed by atoms with Crippen molar-refractivity contribution in [1.82, 2.24) is 9.88 Å². The Morgan fingerprint density at radius 1 is 1.13 bits per heavy atom. The number of methoxy groups -OCH3 is 1. The number of hydrogen-bond donors (Lipinski definition) is 0. The lowest BCUT2D eigenvalue weighted by Crippen LogP contribution is -2.43. The lowest BCUT2D eigenvalue weighted by atomic mass is 10.1. The fraction of sp³-hybridized carbons (Fsp3) is 0.348. The van der Waals surface area contributed by atoms with E-state index in [9.17, 15) is 9.59 Å². The van der Waals surface area contributed by atoms with Gasteiger partial charge in [-0.05, 0) is 37.3 Å². The zero-order chi connectivity index (χ0) is 21.8. The fourth-order valence-electron chi connectivity index (χ4n) is 3.49. The van der Waals surface area contributed by atoms with E-state index in [1.807, 2.05) is 18.2 Å². The van der Waals surface area contributed by atoms with Gasteiger partial charge in [0.15, 0.2) is 10.9 Å². The number of aromatic nitrogens is 1. The number of rotatable bonds is 7. The van der Waals surface area contributed by atoms with Gasteiger partial charge in [0.05, 0.1) is 30.5 Å². The van der Waals surface area contributed by atoms with Gasteiger partial charge in [0.1, 0.15) is 5.75 Å². The Morgan fingerprint density at radius 2 is 1.84 bits per heavy atom. The first kappa shape index (κ1) is 21.4. The molecule has 0 spiro atoms. The highest BCUT2D eigenvalue weighted by atomic mass is 32.1. The number of nitrogens with zero attached hydrogens (tertiary/aromatic N) is 3. The molecule has 3 aromatic rings. The molecule has 31 heavy (non-hydrogen) atoms. The highest BCUT2D eigenvalue weighted by Crippen LogP contribution is 2.32. The topological polar surface area (TPSA) is 72.0 Å². The minimum Gasteiger partial charge on any atom is -0.497 e. The number of ketones is 1. The maximum atomic E-state index is 13.4. The van der Waals surface area contributed by atoms with Gasteiger partial charge in [0.25, 0.3) is 5.91 Å². The number of Topliss-reactive ketones (excluding diaryl/α,β-unsaturated/α-hetero) is 1. The van der Waals surface area contributed by atoms with E-state index in [1.165, 1.54) is 18.3 Å². The van der Waals surface area contributed by atoms with Crippen LogP contribution in [-0.2, 0) is 4.74 Å². The number of carbonyl (C=O) groups is 2. The van der Waals surface area contributed by atoms with Crippen LogP contribution < -0.4 is 9.64 Å². The molecule has 1 aliphatic heterocycles. The van der Waals surface area contributed by atoms with Gasteiger partial charge >= 0.3 is 0 Å². The van der Waals surface area contributed by atoms with Gasteiger partial charge < -0.3 is 9.47 Å². The summed E-state index contributed by atoms with van der Waals surface area (Å²) in [6.07, 6.45) is 0. The maximum absolute atomic E-state index is 13.4. The average Bonchev–Trinajstić information content (AvgIpc) is 3.22. The van der Waals surface area contributed by atoms with Gasteiger partial charge in [0, 0.05) is 37.3 Å². The largest absolute Gasteiger partial charge is 0.497 e. The van der Waals surface area contributed by atoms with Crippen molar-refractivity contribution in [2.45, 2.75) is 6.92 Å².